The summed E-state index contributed by atoms with van der Waals surface area (Å²) in [6, 6.07) is 24.6. The Kier molecular flexibility index (Phi) is 5.36. The molecule has 0 aliphatic carbocycles. The van der Waals surface area contributed by atoms with Crippen LogP contribution >= 0.6 is 11.6 Å². The van der Waals surface area contributed by atoms with Crippen molar-refractivity contribution in [1.29, 1.82) is 0 Å². The van der Waals surface area contributed by atoms with Gasteiger partial charge < -0.3 is 0 Å². The van der Waals surface area contributed by atoms with Gasteiger partial charge in [-0.05, 0) is 30.7 Å². The first-order valence-electron chi connectivity index (χ1n) is 9.16. The molecule has 5 heteroatoms. The number of nitrogens with zero attached hydrogens (tertiary/aromatic N) is 2. The van der Waals surface area contributed by atoms with Crippen molar-refractivity contribution < 1.29 is 4.79 Å². The minimum absolute atomic E-state index is 0.305. The SMILES string of the molecule is Cc1ccc(/C=N\NC(=O)c2cc(-c3ccccc3Cl)nc3ccccc23)cc1. The van der Waals surface area contributed by atoms with Gasteiger partial charge in [0.15, 0.2) is 0 Å². The smallest absolute Gasteiger partial charge is 0.267 e. The van der Waals surface area contributed by atoms with Gasteiger partial charge in [-0.25, -0.2) is 10.4 Å². The Morgan fingerprint density at radius 2 is 1.72 bits per heavy atom. The molecule has 0 aliphatic heterocycles. The van der Waals surface area contributed by atoms with E-state index in [1.165, 1.54) is 5.56 Å². The number of carbonyl (C=O) groups is 1. The Balaban J connectivity index is 1.69. The first-order valence-corrected chi connectivity index (χ1v) is 9.54. The predicted octanol–water partition coefficient (Wildman–Crippen LogP) is 5.63. The number of hydrazone groups is 1. The fraction of sp³-hybridized carbons (Fsp3) is 0.0417. The molecule has 0 saturated carbocycles. The number of hydrogen-bond acceptors (Lipinski definition) is 3. The van der Waals surface area contributed by atoms with Crippen LogP contribution < -0.4 is 5.43 Å². The van der Waals surface area contributed by atoms with E-state index in [4.69, 9.17) is 11.6 Å². The Bertz CT molecular complexity index is 1220. The van der Waals surface area contributed by atoms with Crippen LogP contribution in [0.1, 0.15) is 21.5 Å². The van der Waals surface area contributed by atoms with Crippen LogP contribution in [0.15, 0.2) is 84.0 Å². The lowest BCUT2D eigenvalue weighted by atomic mass is 10.0. The summed E-state index contributed by atoms with van der Waals surface area (Å²) in [5.74, 6) is -0.305. The summed E-state index contributed by atoms with van der Waals surface area (Å²) in [6.07, 6.45) is 1.62. The fourth-order valence-corrected chi connectivity index (χ4v) is 3.28. The normalized spacial score (nSPS) is 11.1. The molecular weight excluding hydrogens is 382 g/mol. The largest absolute Gasteiger partial charge is 0.272 e. The molecule has 1 amide bonds. The summed E-state index contributed by atoms with van der Waals surface area (Å²) in [6.45, 7) is 2.02. The van der Waals surface area contributed by atoms with Gasteiger partial charge in [-0.1, -0.05) is 77.8 Å². The van der Waals surface area contributed by atoms with Crippen LogP contribution in [-0.4, -0.2) is 17.1 Å². The van der Waals surface area contributed by atoms with Crippen molar-refractivity contribution >= 4 is 34.6 Å². The van der Waals surface area contributed by atoms with Crippen LogP contribution in [0.2, 0.25) is 5.02 Å². The van der Waals surface area contributed by atoms with Gasteiger partial charge >= 0.3 is 0 Å². The Labute approximate surface area is 173 Å². The Morgan fingerprint density at radius 1 is 1.00 bits per heavy atom. The summed E-state index contributed by atoms with van der Waals surface area (Å²) < 4.78 is 0. The number of halogens is 1. The standard InChI is InChI=1S/C24H18ClN3O/c1-16-10-12-17(13-11-16)15-26-28-24(29)20-14-23(19-7-2-4-8-21(19)25)27-22-9-5-3-6-18(20)22/h2-15H,1H3,(H,28,29)/b26-15-. The third-order valence-electron chi connectivity index (χ3n) is 4.57. The molecular formula is C24H18ClN3O. The summed E-state index contributed by atoms with van der Waals surface area (Å²) in [7, 11) is 0. The van der Waals surface area contributed by atoms with Gasteiger partial charge in [-0.3, -0.25) is 4.79 Å². The van der Waals surface area contributed by atoms with Gasteiger partial charge in [-0.15, -0.1) is 0 Å². The molecule has 0 atom stereocenters. The highest BCUT2D eigenvalue weighted by molar-refractivity contribution is 6.33. The molecule has 4 nitrogen and oxygen atoms in total. The van der Waals surface area contributed by atoms with Crippen molar-refractivity contribution in [2.24, 2.45) is 5.10 Å². The average Bonchev–Trinajstić information content (AvgIpc) is 2.74. The van der Waals surface area contributed by atoms with E-state index < -0.39 is 0 Å². The maximum Gasteiger partial charge on any atom is 0.272 e. The molecule has 1 aromatic heterocycles. The molecule has 0 fully saturated rings. The number of para-hydroxylation sites is 1. The number of amides is 1. The van der Waals surface area contributed by atoms with Crippen LogP contribution in [-0.2, 0) is 0 Å². The van der Waals surface area contributed by atoms with Crippen molar-refractivity contribution in [1.82, 2.24) is 10.4 Å². The van der Waals surface area contributed by atoms with Crippen molar-refractivity contribution in [3.63, 3.8) is 0 Å². The second kappa shape index (κ2) is 8.25. The van der Waals surface area contributed by atoms with Gasteiger partial charge in [0.25, 0.3) is 5.91 Å². The molecule has 0 saturated heterocycles. The average molecular weight is 400 g/mol. The minimum atomic E-state index is -0.305. The molecule has 1 heterocycles. The number of aryl methyl sites for hydroxylation is 1. The van der Waals surface area contributed by atoms with Crippen LogP contribution in [0, 0.1) is 6.92 Å². The van der Waals surface area contributed by atoms with Crippen molar-refractivity contribution in [2.45, 2.75) is 6.92 Å². The third-order valence-corrected chi connectivity index (χ3v) is 4.90. The van der Waals surface area contributed by atoms with Crippen LogP contribution in [0.25, 0.3) is 22.2 Å². The predicted molar refractivity (Wildman–Crippen MR) is 118 cm³/mol. The first kappa shape index (κ1) is 18.8. The molecule has 0 spiro atoms. The summed E-state index contributed by atoms with van der Waals surface area (Å²) in [5.41, 5.74) is 7.32. The summed E-state index contributed by atoms with van der Waals surface area (Å²) in [5, 5.41) is 5.44. The molecule has 4 aromatic rings. The quantitative estimate of drug-likeness (QED) is 0.357. The monoisotopic (exact) mass is 399 g/mol. The molecule has 1 N–H and O–H groups in total. The third kappa shape index (κ3) is 4.18. The molecule has 0 unspecified atom stereocenters. The van der Waals surface area contributed by atoms with Crippen LogP contribution in [0.5, 0.6) is 0 Å². The highest BCUT2D eigenvalue weighted by Crippen LogP contribution is 2.29. The molecule has 0 aliphatic rings. The lowest BCUT2D eigenvalue weighted by molar-refractivity contribution is 0.0956. The van der Waals surface area contributed by atoms with E-state index in [9.17, 15) is 4.79 Å². The van der Waals surface area contributed by atoms with E-state index in [-0.39, 0.29) is 5.91 Å². The molecule has 0 bridgehead atoms. The van der Waals surface area contributed by atoms with Gasteiger partial charge in [0.2, 0.25) is 0 Å². The second-order valence-corrected chi connectivity index (χ2v) is 7.07. The Morgan fingerprint density at radius 3 is 2.52 bits per heavy atom. The topological polar surface area (TPSA) is 54.4 Å². The second-order valence-electron chi connectivity index (χ2n) is 6.66. The maximum absolute atomic E-state index is 12.9. The molecule has 0 radical (unpaired) electrons. The molecule has 29 heavy (non-hydrogen) atoms. The highest BCUT2D eigenvalue weighted by atomic mass is 35.5. The number of benzene rings is 3. The lowest BCUT2D eigenvalue weighted by Gasteiger charge is -2.10. The number of nitrogens with one attached hydrogen (secondary N) is 1. The lowest BCUT2D eigenvalue weighted by Crippen LogP contribution is -2.18. The zero-order valence-corrected chi connectivity index (χ0v) is 16.5. The highest BCUT2D eigenvalue weighted by Gasteiger charge is 2.14. The summed E-state index contributed by atoms with van der Waals surface area (Å²) >= 11 is 6.34. The van der Waals surface area contributed by atoms with E-state index in [2.05, 4.69) is 15.5 Å². The van der Waals surface area contributed by atoms with Crippen molar-refractivity contribution in [2.75, 3.05) is 0 Å². The van der Waals surface area contributed by atoms with Crippen LogP contribution in [0.4, 0.5) is 0 Å². The molecule has 3 aromatic carbocycles. The van der Waals surface area contributed by atoms with Crippen molar-refractivity contribution in [3.05, 3.63) is 101 Å². The van der Waals surface area contributed by atoms with Gasteiger partial charge in [0, 0.05) is 16.0 Å². The number of pyridine rings is 1. The van der Waals surface area contributed by atoms with E-state index in [1.54, 1.807) is 18.3 Å². The maximum atomic E-state index is 12.9. The fourth-order valence-electron chi connectivity index (χ4n) is 3.05. The van der Waals surface area contributed by atoms with E-state index in [1.807, 2.05) is 73.7 Å². The van der Waals surface area contributed by atoms with Gasteiger partial charge in [0.1, 0.15) is 0 Å². The Hall–Kier alpha value is -3.50. The number of hydrogen-bond donors (Lipinski definition) is 1. The van der Waals surface area contributed by atoms with Crippen LogP contribution in [0.3, 0.4) is 0 Å². The van der Waals surface area contributed by atoms with E-state index in [0.29, 0.717) is 16.3 Å². The number of carbonyl (C=O) groups excluding carboxylic acids is 1. The number of rotatable bonds is 4. The molecule has 142 valence electrons. The van der Waals surface area contributed by atoms with Gasteiger partial charge in [-0.2, -0.15) is 5.10 Å². The zero-order valence-electron chi connectivity index (χ0n) is 15.8. The molecule has 4 rings (SSSR count). The van der Waals surface area contributed by atoms with Gasteiger partial charge in [0.05, 0.1) is 23.0 Å². The number of aromatic nitrogens is 1. The van der Waals surface area contributed by atoms with E-state index in [0.717, 1.165) is 22.0 Å². The summed E-state index contributed by atoms with van der Waals surface area (Å²) in [4.78, 5) is 17.6. The zero-order chi connectivity index (χ0) is 20.2. The van der Waals surface area contributed by atoms with Crippen molar-refractivity contribution in [3.8, 4) is 11.3 Å². The first-order chi connectivity index (χ1) is 14.1. The minimum Gasteiger partial charge on any atom is -0.267 e. The number of fused-ring (bicyclic) bond motifs is 1. The van der Waals surface area contributed by atoms with E-state index >= 15 is 0 Å².